The van der Waals surface area contributed by atoms with Crippen LogP contribution in [0.3, 0.4) is 0 Å². The smallest absolute Gasteiger partial charge is 0.120 e. The molecule has 6 heteroatoms. The van der Waals surface area contributed by atoms with Gasteiger partial charge in [0.1, 0.15) is 5.58 Å². The number of hydrogen-bond acceptors (Lipinski definition) is 4. The van der Waals surface area contributed by atoms with Gasteiger partial charge in [0.2, 0.25) is 0 Å². The van der Waals surface area contributed by atoms with Gasteiger partial charge in [0.15, 0.2) is 0 Å². The zero-order valence-electron chi connectivity index (χ0n) is 24.5. The Morgan fingerprint density at radius 2 is 1.45 bits per heavy atom. The number of furan rings is 1. The van der Waals surface area contributed by atoms with Crippen LogP contribution in [-0.2, 0) is 20.1 Å². The molecule has 217 valence electrons. The maximum absolute atomic E-state index is 6.31. The summed E-state index contributed by atoms with van der Waals surface area (Å²) in [7, 11) is 0. The van der Waals surface area contributed by atoms with Gasteiger partial charge in [-0.1, -0.05) is 59.5 Å². The Kier molecular flexibility index (Phi) is 8.21. The Morgan fingerprint density at radius 3 is 2.23 bits per heavy atom. The zero-order chi connectivity index (χ0) is 29.3. The van der Waals surface area contributed by atoms with Gasteiger partial charge >= 0.3 is 0 Å². The SMILES string of the molecule is Cc1nc(C)c2c(nc(-c3[c-]ccc4c3oc3ccccc34)n2-c2ccccc2)c1C.[Ir].[c-]1ccccc1-c1ccccn1. The molecule has 0 amide bonds. The summed E-state index contributed by atoms with van der Waals surface area (Å²) in [6, 6.07) is 42.7. The molecule has 0 saturated carbocycles. The number of rotatable bonds is 3. The average molecular weight is 749 g/mol. The van der Waals surface area contributed by atoms with Gasteiger partial charge in [-0.3, -0.25) is 9.97 Å². The second kappa shape index (κ2) is 12.4. The van der Waals surface area contributed by atoms with E-state index in [4.69, 9.17) is 14.4 Å². The largest absolute Gasteiger partial charge is 0.501 e. The van der Waals surface area contributed by atoms with E-state index in [0.29, 0.717) is 0 Å². The minimum Gasteiger partial charge on any atom is -0.501 e. The van der Waals surface area contributed by atoms with Crippen LogP contribution in [0, 0.1) is 32.9 Å². The van der Waals surface area contributed by atoms with E-state index in [0.717, 1.165) is 78.3 Å². The second-order valence-electron chi connectivity index (χ2n) is 10.4. The molecule has 0 atom stereocenters. The number of hydrogen-bond donors (Lipinski definition) is 0. The van der Waals surface area contributed by atoms with Crippen LogP contribution in [0.2, 0.25) is 0 Å². The number of benzene rings is 4. The van der Waals surface area contributed by atoms with Crippen LogP contribution in [0.1, 0.15) is 17.0 Å². The molecule has 4 aromatic carbocycles. The molecule has 44 heavy (non-hydrogen) atoms. The van der Waals surface area contributed by atoms with E-state index >= 15 is 0 Å². The van der Waals surface area contributed by atoms with Gasteiger partial charge in [-0.2, -0.15) is 0 Å². The van der Waals surface area contributed by atoms with E-state index in [9.17, 15) is 0 Å². The summed E-state index contributed by atoms with van der Waals surface area (Å²) in [5.41, 5.74) is 10.6. The molecule has 0 spiro atoms. The summed E-state index contributed by atoms with van der Waals surface area (Å²) in [4.78, 5) is 14.1. The van der Waals surface area contributed by atoms with Crippen LogP contribution in [0.5, 0.6) is 0 Å². The van der Waals surface area contributed by atoms with E-state index in [-0.39, 0.29) is 20.1 Å². The molecular weight excluding hydrogens is 721 g/mol. The topological polar surface area (TPSA) is 56.7 Å². The van der Waals surface area contributed by atoms with E-state index in [1.807, 2.05) is 98.8 Å². The minimum absolute atomic E-state index is 0. The first kappa shape index (κ1) is 29.2. The Morgan fingerprint density at radius 1 is 0.682 bits per heavy atom. The third-order valence-electron chi connectivity index (χ3n) is 7.68. The Balaban J connectivity index is 0.000000222. The molecule has 0 saturated heterocycles. The third kappa shape index (κ3) is 5.24. The maximum Gasteiger partial charge on any atom is 0.120 e. The predicted octanol–water partition coefficient (Wildman–Crippen LogP) is 9.26. The van der Waals surface area contributed by atoms with Crippen LogP contribution < -0.4 is 0 Å². The van der Waals surface area contributed by atoms with Gasteiger partial charge in [-0.25, -0.2) is 0 Å². The minimum atomic E-state index is 0. The number of pyridine rings is 2. The number of nitrogens with zero attached hydrogens (tertiary/aromatic N) is 4. The quantitative estimate of drug-likeness (QED) is 0.169. The van der Waals surface area contributed by atoms with Crippen molar-refractivity contribution in [3.63, 3.8) is 0 Å². The summed E-state index contributed by atoms with van der Waals surface area (Å²) >= 11 is 0. The van der Waals surface area contributed by atoms with Crippen molar-refractivity contribution in [3.05, 3.63) is 144 Å². The number of aromatic nitrogens is 4. The van der Waals surface area contributed by atoms with Gasteiger partial charge in [-0.05, 0) is 56.3 Å². The first-order valence-corrected chi connectivity index (χ1v) is 14.2. The van der Waals surface area contributed by atoms with Gasteiger partial charge in [-0.15, -0.1) is 54.1 Å². The molecule has 0 fully saturated rings. The van der Waals surface area contributed by atoms with Crippen LogP contribution in [0.15, 0.2) is 120 Å². The molecule has 8 rings (SSSR count). The Labute approximate surface area is 269 Å². The van der Waals surface area contributed by atoms with E-state index in [1.54, 1.807) is 6.20 Å². The summed E-state index contributed by atoms with van der Waals surface area (Å²) in [6.07, 6.45) is 1.79. The fourth-order valence-electron chi connectivity index (χ4n) is 5.50. The monoisotopic (exact) mass is 749 g/mol. The van der Waals surface area contributed by atoms with Crippen LogP contribution in [0.25, 0.3) is 61.3 Å². The molecule has 1 radical (unpaired) electrons. The average Bonchev–Trinajstić information content (AvgIpc) is 3.65. The molecule has 0 unspecified atom stereocenters. The van der Waals surface area contributed by atoms with Crippen molar-refractivity contribution in [2.45, 2.75) is 20.8 Å². The fourth-order valence-corrected chi connectivity index (χ4v) is 5.50. The van der Waals surface area contributed by atoms with Crippen molar-refractivity contribution in [2.24, 2.45) is 0 Å². The third-order valence-corrected chi connectivity index (χ3v) is 7.68. The molecule has 0 N–H and O–H groups in total. The molecule has 0 aliphatic heterocycles. The van der Waals surface area contributed by atoms with Crippen molar-refractivity contribution in [3.8, 4) is 28.3 Å². The summed E-state index contributed by atoms with van der Waals surface area (Å²) in [5.74, 6) is 0.810. The Hall–Kier alpha value is -4.90. The van der Waals surface area contributed by atoms with E-state index in [2.05, 4.69) is 52.9 Å². The standard InChI is InChI=1S/C27H20N3O.C11H8N.Ir/c1-16-17(2)28-18(3)25-24(16)29-27(30(25)19-10-5-4-6-11-19)22-14-9-13-21-20-12-7-8-15-23(20)31-26(21)22;1-2-6-10(7-3-1)11-8-4-5-9-12-11;/h4-13,15H,1-3H3;1-6,8-9H;/q2*-1;. The first-order chi connectivity index (χ1) is 21.1. The first-order valence-electron chi connectivity index (χ1n) is 14.2. The molecule has 4 heterocycles. The molecule has 8 aromatic rings. The zero-order valence-corrected chi connectivity index (χ0v) is 26.9. The summed E-state index contributed by atoms with van der Waals surface area (Å²) < 4.78 is 8.49. The van der Waals surface area contributed by atoms with E-state index in [1.165, 1.54) is 0 Å². The summed E-state index contributed by atoms with van der Waals surface area (Å²) in [5, 5.41) is 2.17. The molecule has 5 nitrogen and oxygen atoms in total. The number of fused-ring (bicyclic) bond motifs is 4. The van der Waals surface area contributed by atoms with Crippen molar-refractivity contribution < 1.29 is 24.5 Å². The normalized spacial score (nSPS) is 10.9. The molecule has 4 aromatic heterocycles. The Bertz CT molecular complexity index is 2170. The predicted molar refractivity (Wildman–Crippen MR) is 173 cm³/mol. The summed E-state index contributed by atoms with van der Waals surface area (Å²) in [6.45, 7) is 6.17. The number of imidazole rings is 1. The number of para-hydroxylation sites is 2. The van der Waals surface area contributed by atoms with Gasteiger partial charge in [0, 0.05) is 43.1 Å². The molecule has 0 aliphatic rings. The van der Waals surface area contributed by atoms with Gasteiger partial charge < -0.3 is 14.0 Å². The van der Waals surface area contributed by atoms with Crippen molar-refractivity contribution in [2.75, 3.05) is 0 Å². The van der Waals surface area contributed by atoms with Crippen LogP contribution in [0.4, 0.5) is 0 Å². The van der Waals surface area contributed by atoms with Crippen molar-refractivity contribution >= 4 is 33.0 Å². The second-order valence-corrected chi connectivity index (χ2v) is 10.4. The van der Waals surface area contributed by atoms with Crippen LogP contribution in [-0.4, -0.2) is 19.5 Å². The maximum atomic E-state index is 6.31. The van der Waals surface area contributed by atoms with Gasteiger partial charge in [0.05, 0.1) is 28.1 Å². The number of aryl methyl sites for hydroxylation is 3. The van der Waals surface area contributed by atoms with Crippen molar-refractivity contribution in [1.82, 2.24) is 19.5 Å². The molecule has 0 aliphatic carbocycles. The van der Waals surface area contributed by atoms with Crippen molar-refractivity contribution in [1.29, 1.82) is 0 Å². The molecular formula is C38H28IrN4O-2. The van der Waals surface area contributed by atoms with Gasteiger partial charge in [0.25, 0.3) is 0 Å². The van der Waals surface area contributed by atoms with Crippen LogP contribution >= 0.6 is 0 Å². The fraction of sp³-hybridized carbons (Fsp3) is 0.0789. The molecule has 0 bridgehead atoms. The van der Waals surface area contributed by atoms with E-state index < -0.39 is 0 Å².